The van der Waals surface area contributed by atoms with Crippen LogP contribution >= 0.6 is 46.4 Å². The van der Waals surface area contributed by atoms with Crippen molar-refractivity contribution in [2.45, 2.75) is 5.79 Å². The van der Waals surface area contributed by atoms with E-state index in [1.54, 1.807) is 24.3 Å². The third-order valence-electron chi connectivity index (χ3n) is 5.64. The van der Waals surface area contributed by atoms with Gasteiger partial charge in [-0.25, -0.2) is 4.39 Å². The molecule has 0 unspecified atom stereocenters. The Labute approximate surface area is 214 Å². The van der Waals surface area contributed by atoms with Crippen LogP contribution in [-0.4, -0.2) is 37.1 Å². The van der Waals surface area contributed by atoms with Crippen molar-refractivity contribution >= 4 is 52.3 Å². The number of hydrogen-bond donors (Lipinski definition) is 0. The number of fused-ring (bicyclic) bond motifs is 1. The van der Waals surface area contributed by atoms with E-state index in [0.717, 1.165) is 6.07 Å². The molecule has 2 aliphatic rings. The topological polar surface area (TPSA) is 48.0 Å². The van der Waals surface area contributed by atoms with Crippen LogP contribution in [0.2, 0.25) is 20.1 Å². The van der Waals surface area contributed by atoms with Gasteiger partial charge < -0.3 is 19.1 Å². The number of halogens is 5. The Morgan fingerprint density at radius 2 is 1.35 bits per heavy atom. The highest BCUT2D eigenvalue weighted by Crippen LogP contribution is 2.51. The van der Waals surface area contributed by atoms with Crippen molar-refractivity contribution in [1.82, 2.24) is 4.90 Å². The predicted molar refractivity (Wildman–Crippen MR) is 128 cm³/mol. The molecule has 5 nitrogen and oxygen atoms in total. The number of morpholine rings is 1. The maximum absolute atomic E-state index is 15.1. The lowest BCUT2D eigenvalue weighted by Gasteiger charge is -2.30. The maximum atomic E-state index is 15.1. The summed E-state index contributed by atoms with van der Waals surface area (Å²) in [6.07, 6.45) is 0. The fourth-order valence-electron chi connectivity index (χ4n) is 4.00. The van der Waals surface area contributed by atoms with E-state index in [1.807, 2.05) is 0 Å². The van der Waals surface area contributed by atoms with Crippen molar-refractivity contribution < 1.29 is 23.4 Å². The molecule has 1 amide bonds. The third kappa shape index (κ3) is 4.08. The van der Waals surface area contributed by atoms with Crippen molar-refractivity contribution in [2.75, 3.05) is 26.3 Å². The number of carbonyl (C=O) groups excluding carboxylic acids is 1. The second kappa shape index (κ2) is 9.10. The van der Waals surface area contributed by atoms with Gasteiger partial charge in [0.15, 0.2) is 11.5 Å². The number of benzene rings is 3. The van der Waals surface area contributed by atoms with Crippen molar-refractivity contribution in [3.05, 3.63) is 91.1 Å². The molecule has 0 spiro atoms. The third-order valence-corrected chi connectivity index (χ3v) is 6.74. The molecular weight excluding hydrogens is 527 g/mol. The first-order valence-corrected chi connectivity index (χ1v) is 11.8. The van der Waals surface area contributed by atoms with E-state index in [-0.39, 0.29) is 27.1 Å². The summed E-state index contributed by atoms with van der Waals surface area (Å²) in [5.74, 6) is -2.61. The molecule has 0 bridgehead atoms. The van der Waals surface area contributed by atoms with Gasteiger partial charge in [-0.2, -0.15) is 0 Å². The highest BCUT2D eigenvalue weighted by atomic mass is 35.5. The van der Waals surface area contributed by atoms with Crippen LogP contribution in [-0.2, 0) is 10.5 Å². The number of rotatable bonds is 3. The van der Waals surface area contributed by atoms with Crippen LogP contribution in [0, 0.1) is 5.82 Å². The van der Waals surface area contributed by atoms with Gasteiger partial charge in [-0.05, 0) is 42.5 Å². The summed E-state index contributed by atoms with van der Waals surface area (Å²) >= 11 is 25.3. The van der Waals surface area contributed by atoms with Gasteiger partial charge in [0, 0.05) is 29.2 Å². The molecule has 0 N–H and O–H groups in total. The Morgan fingerprint density at radius 1 is 0.824 bits per heavy atom. The van der Waals surface area contributed by atoms with Gasteiger partial charge in [0.2, 0.25) is 0 Å². The van der Waals surface area contributed by atoms with E-state index in [4.69, 9.17) is 60.6 Å². The van der Waals surface area contributed by atoms with Gasteiger partial charge in [0.25, 0.3) is 5.91 Å². The van der Waals surface area contributed by atoms with Gasteiger partial charge in [0.05, 0.1) is 39.9 Å². The van der Waals surface area contributed by atoms with Gasteiger partial charge in [-0.3, -0.25) is 4.79 Å². The first-order chi connectivity index (χ1) is 16.3. The number of ether oxygens (including phenoxy) is 3. The summed E-state index contributed by atoms with van der Waals surface area (Å²) in [6, 6.07) is 12.0. The lowest BCUT2D eigenvalue weighted by atomic mass is 9.97. The number of amides is 1. The zero-order valence-corrected chi connectivity index (χ0v) is 20.4. The molecule has 176 valence electrons. The van der Waals surface area contributed by atoms with Gasteiger partial charge >= 0.3 is 5.79 Å². The number of carbonyl (C=O) groups is 1. The van der Waals surface area contributed by atoms with E-state index in [1.165, 1.54) is 23.1 Å². The molecule has 1 fully saturated rings. The average Bonchev–Trinajstić information content (AvgIpc) is 3.17. The first-order valence-electron chi connectivity index (χ1n) is 10.3. The fraction of sp³-hybridized carbons (Fsp3) is 0.208. The van der Waals surface area contributed by atoms with E-state index in [9.17, 15) is 4.79 Å². The molecule has 5 rings (SSSR count). The predicted octanol–water partition coefficient (Wildman–Crippen LogP) is 6.58. The fourth-order valence-corrected chi connectivity index (χ4v) is 5.07. The summed E-state index contributed by atoms with van der Waals surface area (Å²) in [6.45, 7) is 1.53. The smallest absolute Gasteiger partial charge is 0.308 e. The summed E-state index contributed by atoms with van der Waals surface area (Å²) < 4.78 is 32.9. The van der Waals surface area contributed by atoms with Crippen molar-refractivity contribution in [3.8, 4) is 11.5 Å². The van der Waals surface area contributed by atoms with E-state index < -0.39 is 17.5 Å². The summed E-state index contributed by atoms with van der Waals surface area (Å²) in [5, 5.41) is 1.31. The molecule has 0 saturated carbocycles. The molecule has 2 heterocycles. The van der Waals surface area contributed by atoms with Crippen LogP contribution in [0.1, 0.15) is 21.5 Å². The summed E-state index contributed by atoms with van der Waals surface area (Å²) in [5.41, 5.74) is 0.644. The van der Waals surface area contributed by atoms with E-state index in [2.05, 4.69) is 0 Å². The molecule has 34 heavy (non-hydrogen) atoms. The lowest BCUT2D eigenvalue weighted by molar-refractivity contribution is -0.0457. The molecule has 10 heteroatoms. The Kier molecular flexibility index (Phi) is 6.29. The van der Waals surface area contributed by atoms with Crippen molar-refractivity contribution in [1.29, 1.82) is 0 Å². The molecule has 2 aliphatic heterocycles. The summed E-state index contributed by atoms with van der Waals surface area (Å²) in [7, 11) is 0. The van der Waals surface area contributed by atoms with Crippen LogP contribution in [0.3, 0.4) is 0 Å². The number of hydrogen-bond acceptors (Lipinski definition) is 4. The minimum atomic E-state index is -1.67. The van der Waals surface area contributed by atoms with Gasteiger partial charge in [0.1, 0.15) is 5.82 Å². The number of nitrogens with zero attached hydrogens (tertiary/aromatic N) is 1. The Bertz CT molecular complexity index is 1240. The first kappa shape index (κ1) is 23.5. The molecule has 0 atom stereocenters. The van der Waals surface area contributed by atoms with E-state index >= 15 is 4.39 Å². The molecule has 1 saturated heterocycles. The van der Waals surface area contributed by atoms with Gasteiger partial charge in [-0.1, -0.05) is 46.4 Å². The second-order valence-corrected chi connectivity index (χ2v) is 9.44. The molecule has 0 radical (unpaired) electrons. The standard InChI is InChI=1S/C24H16Cl4FNO4/c25-13-1-3-16(18(27)9-13)24(17-4-2-14(26)10-19(17)28)33-21-11-15(20(29)12-22(21)34-24)23(31)30-5-7-32-8-6-30/h1-4,9-12H,5-8H2. The lowest BCUT2D eigenvalue weighted by Crippen LogP contribution is -2.41. The normalized spacial score (nSPS) is 16.6. The van der Waals surface area contributed by atoms with Crippen LogP contribution in [0.4, 0.5) is 4.39 Å². The van der Waals surface area contributed by atoms with Crippen LogP contribution in [0.15, 0.2) is 48.5 Å². The van der Waals surface area contributed by atoms with E-state index in [0.29, 0.717) is 47.5 Å². The Hall–Kier alpha value is -2.22. The maximum Gasteiger partial charge on any atom is 0.308 e. The zero-order valence-electron chi connectivity index (χ0n) is 17.4. The minimum absolute atomic E-state index is 0.0908. The van der Waals surface area contributed by atoms with Crippen LogP contribution < -0.4 is 9.47 Å². The SMILES string of the molecule is O=C(c1cc2c(cc1F)OC(c1ccc(Cl)cc1Cl)(c1ccc(Cl)cc1Cl)O2)N1CCOCC1. The van der Waals surface area contributed by atoms with Crippen LogP contribution in [0.25, 0.3) is 0 Å². The van der Waals surface area contributed by atoms with Crippen molar-refractivity contribution in [3.63, 3.8) is 0 Å². The molecular formula is C24H16Cl4FNO4. The zero-order chi connectivity index (χ0) is 24.0. The second-order valence-electron chi connectivity index (χ2n) is 7.75. The summed E-state index contributed by atoms with van der Waals surface area (Å²) in [4.78, 5) is 14.5. The molecule has 0 aromatic heterocycles. The molecule has 0 aliphatic carbocycles. The molecule has 3 aromatic rings. The van der Waals surface area contributed by atoms with Crippen molar-refractivity contribution in [2.24, 2.45) is 0 Å². The highest BCUT2D eigenvalue weighted by molar-refractivity contribution is 6.36. The highest BCUT2D eigenvalue weighted by Gasteiger charge is 2.49. The Morgan fingerprint density at radius 3 is 1.88 bits per heavy atom. The van der Waals surface area contributed by atoms with Gasteiger partial charge in [-0.15, -0.1) is 0 Å². The molecule has 3 aromatic carbocycles. The van der Waals surface area contributed by atoms with Crippen LogP contribution in [0.5, 0.6) is 11.5 Å². The minimum Gasteiger partial charge on any atom is -0.440 e. The average molecular weight is 543 g/mol. The monoisotopic (exact) mass is 541 g/mol. The quantitative estimate of drug-likeness (QED) is 0.375. The Balaban J connectivity index is 1.62. The largest absolute Gasteiger partial charge is 0.440 e.